The van der Waals surface area contributed by atoms with Gasteiger partial charge in [0.05, 0.1) is 11.9 Å². The first-order valence-electron chi connectivity index (χ1n) is 7.24. The third kappa shape index (κ3) is 4.19. The minimum Gasteiger partial charge on any atom is -0.339 e. The molecular formula is C16H15N5O2. The summed E-state index contributed by atoms with van der Waals surface area (Å²) in [6, 6.07) is 7.20. The van der Waals surface area contributed by atoms with Crippen molar-refractivity contribution in [3.63, 3.8) is 0 Å². The molecule has 0 aliphatic heterocycles. The average molecular weight is 309 g/mol. The smallest absolute Gasteiger partial charge is 0.226 e. The molecule has 0 spiro atoms. The lowest BCUT2D eigenvalue weighted by molar-refractivity contribution is -0.116. The molecule has 7 nitrogen and oxygen atoms in total. The molecule has 0 aliphatic rings. The highest BCUT2D eigenvalue weighted by molar-refractivity contribution is 5.90. The third-order valence-corrected chi connectivity index (χ3v) is 3.15. The molecule has 0 radical (unpaired) electrons. The van der Waals surface area contributed by atoms with Crippen molar-refractivity contribution in [1.82, 2.24) is 20.1 Å². The predicted octanol–water partition coefficient (Wildman–Crippen LogP) is 2.49. The highest BCUT2D eigenvalue weighted by Gasteiger charge is 2.09. The number of hydrogen-bond acceptors (Lipinski definition) is 6. The Kier molecular flexibility index (Phi) is 4.68. The van der Waals surface area contributed by atoms with Crippen LogP contribution >= 0.6 is 0 Å². The molecule has 0 atom stereocenters. The summed E-state index contributed by atoms with van der Waals surface area (Å²) in [7, 11) is 0. The zero-order valence-corrected chi connectivity index (χ0v) is 12.3. The van der Waals surface area contributed by atoms with Crippen molar-refractivity contribution in [3.05, 3.63) is 54.9 Å². The summed E-state index contributed by atoms with van der Waals surface area (Å²) in [6.07, 6.45) is 8.18. The van der Waals surface area contributed by atoms with Crippen molar-refractivity contribution in [3.8, 4) is 11.4 Å². The number of carbonyl (C=O) groups is 1. The van der Waals surface area contributed by atoms with Crippen molar-refractivity contribution in [2.75, 3.05) is 5.32 Å². The third-order valence-electron chi connectivity index (χ3n) is 3.15. The average Bonchev–Trinajstić information content (AvgIpc) is 3.05. The fourth-order valence-corrected chi connectivity index (χ4v) is 2.04. The molecule has 1 N–H and O–H groups in total. The number of nitrogens with zero attached hydrogens (tertiary/aromatic N) is 4. The van der Waals surface area contributed by atoms with Crippen LogP contribution < -0.4 is 5.32 Å². The zero-order chi connectivity index (χ0) is 15.9. The van der Waals surface area contributed by atoms with E-state index in [-0.39, 0.29) is 5.91 Å². The second-order valence-corrected chi connectivity index (χ2v) is 4.89. The molecule has 3 heterocycles. The van der Waals surface area contributed by atoms with E-state index >= 15 is 0 Å². The van der Waals surface area contributed by atoms with Gasteiger partial charge in [-0.25, -0.2) is 0 Å². The Bertz CT molecular complexity index is 758. The van der Waals surface area contributed by atoms with Crippen LogP contribution in [0.4, 0.5) is 5.69 Å². The van der Waals surface area contributed by atoms with Crippen LogP contribution in [0.5, 0.6) is 0 Å². The fraction of sp³-hybridized carbons (Fsp3) is 0.188. The molecule has 23 heavy (non-hydrogen) atoms. The highest BCUT2D eigenvalue weighted by atomic mass is 16.5. The summed E-state index contributed by atoms with van der Waals surface area (Å²) in [6.45, 7) is 0. The molecule has 0 aromatic carbocycles. The fourth-order valence-electron chi connectivity index (χ4n) is 2.04. The Labute approximate surface area is 132 Å². The molecule has 3 aromatic heterocycles. The normalized spacial score (nSPS) is 10.4. The van der Waals surface area contributed by atoms with Gasteiger partial charge in [-0.05, 0) is 30.7 Å². The van der Waals surface area contributed by atoms with E-state index in [9.17, 15) is 4.79 Å². The Balaban J connectivity index is 1.48. The van der Waals surface area contributed by atoms with Crippen molar-refractivity contribution in [1.29, 1.82) is 0 Å². The number of carbonyl (C=O) groups excluding carboxylic acids is 1. The van der Waals surface area contributed by atoms with Gasteiger partial charge in [0.25, 0.3) is 0 Å². The number of aryl methyl sites for hydroxylation is 1. The van der Waals surface area contributed by atoms with Crippen molar-refractivity contribution < 1.29 is 9.32 Å². The molecule has 3 aromatic rings. The van der Waals surface area contributed by atoms with Gasteiger partial charge >= 0.3 is 0 Å². The van der Waals surface area contributed by atoms with Gasteiger partial charge < -0.3 is 9.84 Å². The van der Waals surface area contributed by atoms with E-state index in [2.05, 4.69) is 25.4 Å². The largest absolute Gasteiger partial charge is 0.339 e. The first-order valence-corrected chi connectivity index (χ1v) is 7.24. The summed E-state index contributed by atoms with van der Waals surface area (Å²) in [5.41, 5.74) is 1.54. The van der Waals surface area contributed by atoms with Gasteiger partial charge in [-0.3, -0.25) is 14.8 Å². The summed E-state index contributed by atoms with van der Waals surface area (Å²) in [4.78, 5) is 24.0. The lowest BCUT2D eigenvalue weighted by atomic mass is 10.2. The molecule has 0 saturated carbocycles. The van der Waals surface area contributed by atoms with Crippen LogP contribution in [0.15, 0.2) is 53.6 Å². The van der Waals surface area contributed by atoms with E-state index in [0.717, 1.165) is 5.56 Å². The minimum absolute atomic E-state index is 0.0631. The first-order chi connectivity index (χ1) is 11.3. The van der Waals surface area contributed by atoms with Crippen molar-refractivity contribution in [2.24, 2.45) is 0 Å². The van der Waals surface area contributed by atoms with Crippen LogP contribution in [0.1, 0.15) is 18.7 Å². The zero-order valence-electron chi connectivity index (χ0n) is 12.3. The number of anilines is 1. The Morgan fingerprint density at radius 2 is 2.00 bits per heavy atom. The van der Waals surface area contributed by atoms with Crippen LogP contribution in [-0.2, 0) is 11.2 Å². The molecule has 116 valence electrons. The van der Waals surface area contributed by atoms with Gasteiger partial charge in [0.1, 0.15) is 0 Å². The van der Waals surface area contributed by atoms with Crippen LogP contribution in [0.2, 0.25) is 0 Å². The van der Waals surface area contributed by atoms with E-state index in [1.54, 1.807) is 36.9 Å². The minimum atomic E-state index is -0.0631. The molecule has 0 aliphatic carbocycles. The first kappa shape index (κ1) is 14.8. The predicted molar refractivity (Wildman–Crippen MR) is 83.3 cm³/mol. The summed E-state index contributed by atoms with van der Waals surface area (Å²) in [5, 5.41) is 6.71. The number of rotatable bonds is 6. The standard InChI is InChI=1S/C16H15N5O2/c22-14(19-13-3-2-8-18-11-13)4-1-5-15-20-16(21-23-15)12-6-9-17-10-7-12/h2-3,6-11H,1,4-5H2,(H,19,22). The highest BCUT2D eigenvalue weighted by Crippen LogP contribution is 2.15. The number of nitrogens with one attached hydrogen (secondary N) is 1. The van der Waals surface area contributed by atoms with Gasteiger partial charge in [0.15, 0.2) is 0 Å². The second-order valence-electron chi connectivity index (χ2n) is 4.89. The van der Waals surface area contributed by atoms with Crippen LogP contribution in [0.25, 0.3) is 11.4 Å². The lowest BCUT2D eigenvalue weighted by Gasteiger charge is -2.03. The van der Waals surface area contributed by atoms with Gasteiger partial charge in [0, 0.05) is 37.0 Å². The molecule has 0 saturated heterocycles. The number of hydrogen-bond donors (Lipinski definition) is 1. The number of pyridine rings is 2. The van der Waals surface area contributed by atoms with E-state index in [0.29, 0.717) is 36.7 Å². The maximum Gasteiger partial charge on any atom is 0.226 e. The molecule has 0 fully saturated rings. The lowest BCUT2D eigenvalue weighted by Crippen LogP contribution is -2.11. The Morgan fingerprint density at radius 1 is 1.13 bits per heavy atom. The van der Waals surface area contributed by atoms with Gasteiger partial charge in [-0.2, -0.15) is 4.98 Å². The molecule has 0 unspecified atom stereocenters. The van der Waals surface area contributed by atoms with E-state index < -0.39 is 0 Å². The topological polar surface area (TPSA) is 93.8 Å². The Hall–Kier alpha value is -3.09. The molecule has 3 rings (SSSR count). The summed E-state index contributed by atoms with van der Waals surface area (Å²) in [5.74, 6) is 0.986. The molecule has 0 bridgehead atoms. The van der Waals surface area contributed by atoms with Crippen LogP contribution in [0.3, 0.4) is 0 Å². The summed E-state index contributed by atoms with van der Waals surface area (Å²) < 4.78 is 5.20. The van der Waals surface area contributed by atoms with Crippen molar-refractivity contribution in [2.45, 2.75) is 19.3 Å². The van der Waals surface area contributed by atoms with Gasteiger partial charge in [-0.15, -0.1) is 0 Å². The quantitative estimate of drug-likeness (QED) is 0.752. The molecule has 7 heteroatoms. The number of aromatic nitrogens is 4. The number of amides is 1. The van der Waals surface area contributed by atoms with Gasteiger partial charge in [-0.1, -0.05) is 5.16 Å². The van der Waals surface area contributed by atoms with Crippen LogP contribution in [-0.4, -0.2) is 26.0 Å². The van der Waals surface area contributed by atoms with Crippen molar-refractivity contribution >= 4 is 11.6 Å². The van der Waals surface area contributed by atoms with E-state index in [1.165, 1.54) is 0 Å². The van der Waals surface area contributed by atoms with Crippen LogP contribution in [0, 0.1) is 0 Å². The second kappa shape index (κ2) is 7.26. The summed E-state index contributed by atoms with van der Waals surface area (Å²) >= 11 is 0. The molecular weight excluding hydrogens is 294 g/mol. The van der Waals surface area contributed by atoms with Gasteiger partial charge in [0.2, 0.25) is 17.6 Å². The molecule has 1 amide bonds. The van der Waals surface area contributed by atoms with E-state index in [4.69, 9.17) is 4.52 Å². The maximum atomic E-state index is 11.8. The van der Waals surface area contributed by atoms with E-state index in [1.807, 2.05) is 12.1 Å². The Morgan fingerprint density at radius 3 is 2.78 bits per heavy atom. The monoisotopic (exact) mass is 309 g/mol. The maximum absolute atomic E-state index is 11.8. The SMILES string of the molecule is O=C(CCCc1nc(-c2ccncc2)no1)Nc1cccnc1.